The van der Waals surface area contributed by atoms with Crippen LogP contribution < -0.4 is 11.1 Å². The highest BCUT2D eigenvalue weighted by molar-refractivity contribution is 5.99. The van der Waals surface area contributed by atoms with E-state index in [1.807, 2.05) is 0 Å². The number of fused-ring (bicyclic) bond motifs is 2. The number of aromatic nitrogens is 1. The molecule has 0 aromatic carbocycles. The second kappa shape index (κ2) is 5.88. The first-order valence-corrected chi connectivity index (χ1v) is 8.19. The van der Waals surface area contributed by atoms with Gasteiger partial charge in [-0.2, -0.15) is 0 Å². The summed E-state index contributed by atoms with van der Waals surface area (Å²) in [5, 5.41) is 3.22. The molecule has 2 aliphatic rings. The first-order chi connectivity index (χ1) is 10.5. The van der Waals surface area contributed by atoms with Gasteiger partial charge in [0.2, 0.25) is 0 Å². The maximum absolute atomic E-state index is 12.6. The molecule has 3 rings (SSSR count). The first kappa shape index (κ1) is 15.3. The number of hydrogen-bond donors (Lipinski definition) is 2. The van der Waals surface area contributed by atoms with Gasteiger partial charge < -0.3 is 15.6 Å². The van der Waals surface area contributed by atoms with Crippen molar-refractivity contribution in [2.75, 3.05) is 0 Å². The molecular weight excluding hydrogens is 278 g/mol. The molecule has 2 saturated carbocycles. The molecule has 2 fully saturated rings. The van der Waals surface area contributed by atoms with Crippen molar-refractivity contribution in [2.24, 2.45) is 24.6 Å². The summed E-state index contributed by atoms with van der Waals surface area (Å²) in [6.45, 7) is 1.52. The summed E-state index contributed by atoms with van der Waals surface area (Å²) in [5.41, 5.74) is 7.27. The quantitative estimate of drug-likeness (QED) is 0.837. The lowest BCUT2D eigenvalue weighted by Gasteiger charge is -2.45. The molecule has 0 aliphatic heterocycles. The number of aryl methyl sites for hydroxylation is 1. The Morgan fingerprint density at radius 2 is 1.91 bits per heavy atom. The van der Waals surface area contributed by atoms with E-state index in [4.69, 9.17) is 5.73 Å². The zero-order chi connectivity index (χ0) is 15.9. The highest BCUT2D eigenvalue weighted by atomic mass is 16.2. The van der Waals surface area contributed by atoms with E-state index in [9.17, 15) is 9.59 Å². The number of Topliss-reactive ketones (excluding diaryl/α,β-unsaturated/α-hetero) is 1. The van der Waals surface area contributed by atoms with Crippen LogP contribution in [0.5, 0.6) is 0 Å². The van der Waals surface area contributed by atoms with Gasteiger partial charge in [-0.05, 0) is 50.5 Å². The molecule has 1 amide bonds. The molecule has 3 N–H and O–H groups in total. The van der Waals surface area contributed by atoms with Crippen LogP contribution in [0.4, 0.5) is 0 Å². The van der Waals surface area contributed by atoms with Crippen molar-refractivity contribution in [3.8, 4) is 0 Å². The summed E-state index contributed by atoms with van der Waals surface area (Å²) in [6, 6.07) is 2.20. The first-order valence-electron chi connectivity index (χ1n) is 8.19. The zero-order valence-corrected chi connectivity index (χ0v) is 13.3. The fraction of sp³-hybridized carbons (Fsp3) is 0.647. The van der Waals surface area contributed by atoms with E-state index < -0.39 is 0 Å². The fourth-order valence-electron chi connectivity index (χ4n) is 4.23. The molecule has 1 aromatic rings. The lowest BCUT2D eigenvalue weighted by molar-refractivity contribution is 0.0749. The van der Waals surface area contributed by atoms with Crippen molar-refractivity contribution in [3.05, 3.63) is 23.5 Å². The van der Waals surface area contributed by atoms with Crippen molar-refractivity contribution < 1.29 is 9.59 Å². The van der Waals surface area contributed by atoms with Crippen LogP contribution in [0.1, 0.15) is 59.9 Å². The summed E-state index contributed by atoms with van der Waals surface area (Å²) in [4.78, 5) is 24.1. The minimum Gasteiger partial charge on any atom is -0.347 e. The molecule has 2 atom stereocenters. The summed E-state index contributed by atoms with van der Waals surface area (Å²) in [6.07, 6.45) is 7.28. The van der Waals surface area contributed by atoms with Gasteiger partial charge in [-0.25, -0.2) is 0 Å². The standard InChI is InChI=1S/C17H25N3O2/c1-10(21)13-8-15(20(2)9-13)17(22)19-16-11-4-3-5-12(16)7-14(18)6-11/h8-9,11-12,14,16H,3-7,18H2,1-2H3,(H,19,22). The molecular formula is C17H25N3O2. The minimum absolute atomic E-state index is 0.0184. The summed E-state index contributed by atoms with van der Waals surface area (Å²) in [5.74, 6) is 0.903. The van der Waals surface area contributed by atoms with Crippen LogP contribution in [0.2, 0.25) is 0 Å². The molecule has 1 heterocycles. The Morgan fingerprint density at radius 1 is 1.27 bits per heavy atom. The molecule has 0 radical (unpaired) electrons. The number of nitrogens with zero attached hydrogens (tertiary/aromatic N) is 1. The number of ketones is 1. The second-order valence-electron chi connectivity index (χ2n) is 6.96. The van der Waals surface area contributed by atoms with Gasteiger partial charge in [0.15, 0.2) is 5.78 Å². The largest absolute Gasteiger partial charge is 0.347 e. The van der Waals surface area contributed by atoms with Crippen molar-refractivity contribution in [2.45, 2.75) is 51.1 Å². The monoisotopic (exact) mass is 303 g/mol. The Morgan fingerprint density at radius 3 is 2.45 bits per heavy atom. The van der Waals surface area contributed by atoms with Gasteiger partial charge in [-0.3, -0.25) is 9.59 Å². The van der Waals surface area contributed by atoms with E-state index >= 15 is 0 Å². The number of rotatable bonds is 3. The Labute approximate surface area is 131 Å². The number of carbonyl (C=O) groups is 2. The molecule has 120 valence electrons. The van der Waals surface area contributed by atoms with Gasteiger partial charge in [-0.15, -0.1) is 0 Å². The molecule has 22 heavy (non-hydrogen) atoms. The predicted molar refractivity (Wildman–Crippen MR) is 84.7 cm³/mol. The van der Waals surface area contributed by atoms with Crippen molar-refractivity contribution >= 4 is 11.7 Å². The molecule has 5 heteroatoms. The van der Waals surface area contributed by atoms with Crippen LogP contribution >= 0.6 is 0 Å². The van der Waals surface area contributed by atoms with Crippen LogP contribution in [0.3, 0.4) is 0 Å². The Kier molecular flexibility index (Phi) is 4.08. The number of carbonyl (C=O) groups excluding carboxylic acids is 2. The molecule has 2 bridgehead atoms. The Hall–Kier alpha value is -1.62. The van der Waals surface area contributed by atoms with Crippen LogP contribution in [0.25, 0.3) is 0 Å². The van der Waals surface area contributed by atoms with E-state index in [0.717, 1.165) is 25.7 Å². The topological polar surface area (TPSA) is 77.1 Å². The zero-order valence-electron chi connectivity index (χ0n) is 13.3. The van der Waals surface area contributed by atoms with Crippen LogP contribution in [-0.4, -0.2) is 28.3 Å². The maximum Gasteiger partial charge on any atom is 0.268 e. The third-order valence-corrected chi connectivity index (χ3v) is 5.32. The predicted octanol–water partition coefficient (Wildman–Crippen LogP) is 1.86. The summed E-state index contributed by atoms with van der Waals surface area (Å²) >= 11 is 0. The molecule has 2 unspecified atom stereocenters. The van der Waals surface area contributed by atoms with E-state index in [0.29, 0.717) is 23.1 Å². The lowest BCUT2D eigenvalue weighted by atomic mass is 9.67. The number of hydrogen-bond acceptors (Lipinski definition) is 3. The average Bonchev–Trinajstić information content (AvgIpc) is 2.82. The third-order valence-electron chi connectivity index (χ3n) is 5.32. The van der Waals surface area contributed by atoms with Crippen molar-refractivity contribution in [1.29, 1.82) is 0 Å². The van der Waals surface area contributed by atoms with E-state index in [-0.39, 0.29) is 23.8 Å². The fourth-order valence-corrected chi connectivity index (χ4v) is 4.23. The van der Waals surface area contributed by atoms with Crippen LogP contribution in [0.15, 0.2) is 12.3 Å². The van der Waals surface area contributed by atoms with Crippen LogP contribution in [0, 0.1) is 11.8 Å². The minimum atomic E-state index is -0.0765. The average molecular weight is 303 g/mol. The van der Waals surface area contributed by atoms with Gasteiger partial charge in [0.25, 0.3) is 5.91 Å². The molecule has 5 nitrogen and oxygen atoms in total. The van der Waals surface area contributed by atoms with E-state index in [1.165, 1.54) is 13.3 Å². The van der Waals surface area contributed by atoms with E-state index in [2.05, 4.69) is 5.32 Å². The second-order valence-corrected chi connectivity index (χ2v) is 6.96. The molecule has 0 spiro atoms. The van der Waals surface area contributed by atoms with Crippen molar-refractivity contribution in [3.63, 3.8) is 0 Å². The number of amides is 1. The summed E-state index contributed by atoms with van der Waals surface area (Å²) in [7, 11) is 1.80. The molecule has 1 aromatic heterocycles. The van der Waals surface area contributed by atoms with Gasteiger partial charge in [-0.1, -0.05) is 6.42 Å². The van der Waals surface area contributed by atoms with Crippen molar-refractivity contribution in [1.82, 2.24) is 9.88 Å². The highest BCUT2D eigenvalue weighted by Crippen LogP contribution is 2.39. The van der Waals surface area contributed by atoms with Gasteiger partial charge in [0.05, 0.1) is 0 Å². The maximum atomic E-state index is 12.6. The Bertz CT molecular complexity index is 579. The highest BCUT2D eigenvalue weighted by Gasteiger charge is 2.40. The number of nitrogens with one attached hydrogen (secondary N) is 1. The normalized spacial score (nSPS) is 30.9. The van der Waals surface area contributed by atoms with E-state index in [1.54, 1.807) is 23.9 Å². The van der Waals surface area contributed by atoms with Gasteiger partial charge in [0.1, 0.15) is 5.69 Å². The lowest BCUT2D eigenvalue weighted by Crippen LogP contribution is -2.53. The number of nitrogens with two attached hydrogens (primary N) is 1. The third kappa shape index (κ3) is 2.82. The van der Waals surface area contributed by atoms with Gasteiger partial charge >= 0.3 is 0 Å². The molecule has 2 aliphatic carbocycles. The van der Waals surface area contributed by atoms with Gasteiger partial charge in [0, 0.05) is 30.9 Å². The summed E-state index contributed by atoms with van der Waals surface area (Å²) < 4.78 is 1.73. The van der Waals surface area contributed by atoms with Crippen LogP contribution in [-0.2, 0) is 7.05 Å². The SMILES string of the molecule is CC(=O)c1cc(C(=O)NC2C3CCCC2CC(N)C3)n(C)c1. The molecule has 0 saturated heterocycles. The Balaban J connectivity index is 1.75. The smallest absolute Gasteiger partial charge is 0.268 e.